The van der Waals surface area contributed by atoms with Gasteiger partial charge in [-0.15, -0.1) is 0 Å². The molecule has 5 aromatic rings. The highest BCUT2D eigenvalue weighted by Gasteiger charge is 2.22. The number of pyridine rings is 1. The molecule has 208 valence electrons. The van der Waals surface area contributed by atoms with E-state index in [4.69, 9.17) is 33.7 Å². The van der Waals surface area contributed by atoms with Crippen molar-refractivity contribution in [1.29, 1.82) is 0 Å². The Labute approximate surface area is 246 Å². The number of hydrogen-bond acceptors (Lipinski definition) is 6. The first-order chi connectivity index (χ1) is 19.6. The smallest absolute Gasteiger partial charge is 0.274 e. The summed E-state index contributed by atoms with van der Waals surface area (Å²) in [4.78, 5) is 35.9. The van der Waals surface area contributed by atoms with E-state index in [-0.39, 0.29) is 23.2 Å². The highest BCUT2D eigenvalue weighted by Crippen LogP contribution is 2.31. The lowest BCUT2D eigenvalue weighted by molar-refractivity contribution is 0.0934. The molecule has 5 rings (SSSR count). The van der Waals surface area contributed by atoms with Gasteiger partial charge in [0.05, 0.1) is 39.5 Å². The highest BCUT2D eigenvalue weighted by atomic mass is 35.5. The largest absolute Gasteiger partial charge is 0.489 e. The summed E-state index contributed by atoms with van der Waals surface area (Å²) in [5.41, 5.74) is 7.98. The van der Waals surface area contributed by atoms with Gasteiger partial charge in [-0.3, -0.25) is 14.2 Å². The molecule has 0 aliphatic heterocycles. The van der Waals surface area contributed by atoms with Gasteiger partial charge < -0.3 is 15.8 Å². The number of carbonyl (C=O) groups is 1. The van der Waals surface area contributed by atoms with Crippen LogP contribution in [-0.2, 0) is 0 Å². The van der Waals surface area contributed by atoms with Crippen LogP contribution in [0.2, 0.25) is 10.0 Å². The Morgan fingerprint density at radius 2 is 1.73 bits per heavy atom. The van der Waals surface area contributed by atoms with Crippen LogP contribution in [-0.4, -0.2) is 26.5 Å². The zero-order valence-electron chi connectivity index (χ0n) is 22.6. The van der Waals surface area contributed by atoms with Crippen LogP contribution in [0.4, 0.5) is 5.82 Å². The van der Waals surface area contributed by atoms with Crippen LogP contribution in [0.25, 0.3) is 27.7 Å². The minimum absolute atomic E-state index is 0.0324. The molecular weight excluding hydrogens is 561 g/mol. The first kappa shape index (κ1) is 28.1. The summed E-state index contributed by atoms with van der Waals surface area (Å²) in [6.45, 7) is 5.60. The van der Waals surface area contributed by atoms with Crippen molar-refractivity contribution in [2.24, 2.45) is 0 Å². The topological polar surface area (TPSA) is 112 Å². The summed E-state index contributed by atoms with van der Waals surface area (Å²) in [6, 6.07) is 20.9. The third kappa shape index (κ3) is 5.75. The molecule has 41 heavy (non-hydrogen) atoms. The van der Waals surface area contributed by atoms with Crippen molar-refractivity contribution >= 4 is 45.7 Å². The van der Waals surface area contributed by atoms with Crippen molar-refractivity contribution in [3.05, 3.63) is 111 Å². The van der Waals surface area contributed by atoms with Crippen molar-refractivity contribution in [2.45, 2.75) is 32.9 Å². The first-order valence-electron chi connectivity index (χ1n) is 12.9. The predicted octanol–water partition coefficient (Wildman–Crippen LogP) is 6.61. The average Bonchev–Trinajstić information content (AvgIpc) is 2.94. The first-order valence-corrected chi connectivity index (χ1v) is 13.7. The lowest BCUT2D eigenvalue weighted by Crippen LogP contribution is -2.33. The third-order valence-corrected chi connectivity index (χ3v) is 7.05. The molecule has 0 fully saturated rings. The Morgan fingerprint density at radius 3 is 2.44 bits per heavy atom. The minimum Gasteiger partial charge on any atom is -0.489 e. The van der Waals surface area contributed by atoms with E-state index >= 15 is 0 Å². The van der Waals surface area contributed by atoms with E-state index in [2.05, 4.69) is 15.3 Å². The minimum atomic E-state index is -0.620. The maximum atomic E-state index is 13.7. The van der Waals surface area contributed by atoms with Crippen molar-refractivity contribution in [3.8, 4) is 22.7 Å². The molecule has 0 saturated heterocycles. The average molecular weight is 588 g/mol. The number of nitrogens with zero attached hydrogens (tertiary/aromatic N) is 3. The molecule has 0 aliphatic rings. The van der Waals surface area contributed by atoms with Gasteiger partial charge >= 0.3 is 0 Å². The summed E-state index contributed by atoms with van der Waals surface area (Å²) in [5, 5.41) is 4.74. The molecule has 1 unspecified atom stereocenters. The van der Waals surface area contributed by atoms with Crippen molar-refractivity contribution in [1.82, 2.24) is 19.9 Å². The van der Waals surface area contributed by atoms with Gasteiger partial charge in [0, 0.05) is 16.9 Å². The summed E-state index contributed by atoms with van der Waals surface area (Å²) in [5.74, 6) is -0.0368. The van der Waals surface area contributed by atoms with Gasteiger partial charge in [0.2, 0.25) is 0 Å². The normalized spacial score (nSPS) is 12.0. The zero-order chi connectivity index (χ0) is 29.3. The van der Waals surface area contributed by atoms with E-state index in [1.54, 1.807) is 41.8 Å². The number of rotatable bonds is 7. The number of nitrogens with two attached hydrogens (primary N) is 1. The van der Waals surface area contributed by atoms with Crippen LogP contribution in [0.1, 0.15) is 43.0 Å². The number of hydrogen-bond donors (Lipinski definition) is 2. The lowest BCUT2D eigenvalue weighted by Gasteiger charge is -2.21. The number of fused-ring (bicyclic) bond motifs is 1. The predicted molar refractivity (Wildman–Crippen MR) is 163 cm³/mol. The molecule has 0 radical (unpaired) electrons. The molecule has 2 heterocycles. The fourth-order valence-electron chi connectivity index (χ4n) is 4.55. The molecule has 3 N–H and O–H groups in total. The Hall–Kier alpha value is -4.40. The number of benzene rings is 3. The maximum Gasteiger partial charge on any atom is 0.274 e. The van der Waals surface area contributed by atoms with Crippen LogP contribution >= 0.6 is 23.2 Å². The second-order valence-electron chi connectivity index (χ2n) is 9.75. The van der Waals surface area contributed by atoms with E-state index in [1.165, 1.54) is 6.20 Å². The van der Waals surface area contributed by atoms with Gasteiger partial charge in [-0.2, -0.15) is 0 Å². The molecule has 0 saturated carbocycles. The molecule has 10 heteroatoms. The van der Waals surface area contributed by atoms with Crippen molar-refractivity contribution in [3.63, 3.8) is 0 Å². The van der Waals surface area contributed by atoms with E-state index in [1.807, 2.05) is 56.3 Å². The molecule has 0 bridgehead atoms. The Kier molecular flexibility index (Phi) is 7.97. The molecule has 8 nitrogen and oxygen atoms in total. The van der Waals surface area contributed by atoms with E-state index in [0.29, 0.717) is 49.2 Å². The van der Waals surface area contributed by atoms with Gasteiger partial charge in [0.1, 0.15) is 5.75 Å². The fourth-order valence-corrected chi connectivity index (χ4v) is 5.04. The number of halogens is 2. The number of carbonyl (C=O) groups excluding carboxylic acids is 1. The van der Waals surface area contributed by atoms with E-state index in [9.17, 15) is 9.59 Å². The van der Waals surface area contributed by atoms with Crippen LogP contribution in [0, 0.1) is 0 Å². The second kappa shape index (κ2) is 11.6. The van der Waals surface area contributed by atoms with Gasteiger partial charge in [-0.05, 0) is 68.6 Å². The number of aromatic nitrogens is 3. The lowest BCUT2D eigenvalue weighted by atomic mass is 10.1. The maximum absolute atomic E-state index is 13.7. The summed E-state index contributed by atoms with van der Waals surface area (Å²) in [7, 11) is 0. The zero-order valence-corrected chi connectivity index (χ0v) is 24.1. The Balaban J connectivity index is 1.51. The van der Waals surface area contributed by atoms with Crippen LogP contribution in [0.5, 0.6) is 5.75 Å². The summed E-state index contributed by atoms with van der Waals surface area (Å²) < 4.78 is 7.25. The Morgan fingerprint density at radius 1 is 0.976 bits per heavy atom. The standard InChI is InChI=1S/C31H27Cl2N5O3/c1-17(2)41-26-13-12-19(14-23(26)33)24-16-35-29(34)28(37-24)30(39)36-18(3)25-15-20-8-7-11-22(32)27(20)31(40)38(25)21-9-5-4-6-10-21/h4-18H,1-3H3,(H2,34,35)(H,36,39). The number of nitrogen functional groups attached to an aromatic ring is 1. The molecule has 0 aliphatic carbocycles. The summed E-state index contributed by atoms with van der Waals surface area (Å²) >= 11 is 12.8. The molecule has 0 spiro atoms. The van der Waals surface area contributed by atoms with Gasteiger partial charge in [0.15, 0.2) is 11.5 Å². The quantitative estimate of drug-likeness (QED) is 0.221. The van der Waals surface area contributed by atoms with E-state index in [0.717, 1.165) is 0 Å². The van der Waals surface area contributed by atoms with Gasteiger partial charge in [-0.1, -0.05) is 53.5 Å². The van der Waals surface area contributed by atoms with Gasteiger partial charge in [0.25, 0.3) is 11.5 Å². The fraction of sp³-hybridized carbons (Fsp3) is 0.161. The summed E-state index contributed by atoms with van der Waals surface area (Å²) in [6.07, 6.45) is 1.44. The third-order valence-electron chi connectivity index (χ3n) is 6.44. The van der Waals surface area contributed by atoms with Crippen LogP contribution in [0.3, 0.4) is 0 Å². The van der Waals surface area contributed by atoms with Crippen LogP contribution in [0.15, 0.2) is 83.8 Å². The molecule has 2 aromatic heterocycles. The molecule has 3 aromatic carbocycles. The number of nitrogens with one attached hydrogen (secondary N) is 1. The molecular formula is C31H27Cl2N5O3. The molecule has 1 amide bonds. The number of para-hydroxylation sites is 1. The number of anilines is 1. The molecule has 1 atom stereocenters. The van der Waals surface area contributed by atoms with Gasteiger partial charge in [-0.25, -0.2) is 9.97 Å². The van der Waals surface area contributed by atoms with E-state index < -0.39 is 11.9 Å². The second-order valence-corrected chi connectivity index (χ2v) is 10.6. The van der Waals surface area contributed by atoms with Crippen molar-refractivity contribution < 1.29 is 9.53 Å². The van der Waals surface area contributed by atoms with Crippen LogP contribution < -0.4 is 21.3 Å². The SMILES string of the molecule is CC(C)Oc1ccc(-c2cnc(N)c(C(=O)NC(C)c3cc4cccc(Cl)c4c(=O)n3-c3ccccc3)n2)cc1Cl. The monoisotopic (exact) mass is 587 g/mol. The highest BCUT2D eigenvalue weighted by molar-refractivity contribution is 6.35. The van der Waals surface area contributed by atoms with Crippen molar-refractivity contribution in [2.75, 3.05) is 5.73 Å². The number of ether oxygens (including phenoxy) is 1. The number of amides is 1. The Bertz CT molecular complexity index is 1820.